The normalized spacial score (nSPS) is 16.3. The van der Waals surface area contributed by atoms with E-state index in [4.69, 9.17) is 11.6 Å². The van der Waals surface area contributed by atoms with Crippen LogP contribution in [0, 0.1) is 0 Å². The number of piperidine rings is 1. The van der Waals surface area contributed by atoms with Crippen LogP contribution in [0.1, 0.15) is 49.8 Å². The molecule has 1 amide bonds. The number of halogens is 3. The smallest absolute Gasteiger partial charge is 0.387 e. The minimum Gasteiger partial charge on any atom is -0.481 e. The predicted molar refractivity (Wildman–Crippen MR) is 141 cm³/mol. The van der Waals surface area contributed by atoms with Gasteiger partial charge in [0.05, 0.1) is 11.6 Å². The number of hydrogen-bond acceptors (Lipinski definition) is 6. The molecule has 9 nitrogen and oxygen atoms in total. The molecule has 0 aliphatic carbocycles. The maximum absolute atomic E-state index is 14.0. The van der Waals surface area contributed by atoms with Crippen LogP contribution in [0.15, 0.2) is 55.0 Å². The molecular formula is C27H30ClF2N5O4. The lowest BCUT2D eigenvalue weighted by Crippen LogP contribution is -2.54. The summed E-state index contributed by atoms with van der Waals surface area (Å²) in [4.78, 5) is 32.1. The third-order valence-electron chi connectivity index (χ3n) is 7.01. The van der Waals surface area contributed by atoms with Crippen LogP contribution in [0.25, 0.3) is 0 Å². The lowest BCUT2D eigenvalue weighted by atomic mass is 9.85. The van der Waals surface area contributed by atoms with Crippen LogP contribution in [0.5, 0.6) is 5.75 Å². The molecule has 0 bridgehead atoms. The Morgan fingerprint density at radius 1 is 1.18 bits per heavy atom. The molecule has 2 N–H and O–H groups in total. The van der Waals surface area contributed by atoms with Gasteiger partial charge >= 0.3 is 12.6 Å². The van der Waals surface area contributed by atoms with Gasteiger partial charge in [0.2, 0.25) is 0 Å². The zero-order chi connectivity index (χ0) is 28.2. The van der Waals surface area contributed by atoms with Crippen LogP contribution in [0.4, 0.5) is 14.5 Å². The van der Waals surface area contributed by atoms with Crippen molar-refractivity contribution in [3.05, 3.63) is 71.3 Å². The number of aromatic nitrogens is 3. The number of pyridine rings is 1. The van der Waals surface area contributed by atoms with Gasteiger partial charge in [0.1, 0.15) is 5.54 Å². The number of anilines is 1. The van der Waals surface area contributed by atoms with Crippen molar-refractivity contribution in [1.29, 1.82) is 0 Å². The molecule has 4 rings (SSSR count). The van der Waals surface area contributed by atoms with Gasteiger partial charge in [0.15, 0.2) is 5.75 Å². The zero-order valence-corrected chi connectivity index (χ0v) is 22.3. The van der Waals surface area contributed by atoms with Crippen LogP contribution >= 0.6 is 11.6 Å². The van der Waals surface area contributed by atoms with E-state index in [1.54, 1.807) is 35.4 Å². The lowest BCUT2D eigenvalue weighted by Gasteiger charge is -2.42. The van der Waals surface area contributed by atoms with Crippen molar-refractivity contribution in [1.82, 2.24) is 19.7 Å². The van der Waals surface area contributed by atoms with Gasteiger partial charge < -0.3 is 20.1 Å². The Balaban J connectivity index is 1.61. The fourth-order valence-corrected chi connectivity index (χ4v) is 5.11. The first-order valence-corrected chi connectivity index (χ1v) is 12.9. The highest BCUT2D eigenvalue weighted by Gasteiger charge is 2.46. The van der Waals surface area contributed by atoms with Crippen LogP contribution in [0.3, 0.4) is 0 Å². The minimum atomic E-state index is -3.10. The summed E-state index contributed by atoms with van der Waals surface area (Å²) >= 11 is 5.97. The number of likely N-dealkylation sites (tertiary alicyclic amines) is 1. The van der Waals surface area contributed by atoms with E-state index in [2.05, 4.69) is 20.1 Å². The summed E-state index contributed by atoms with van der Waals surface area (Å²) in [6.07, 6.45) is 5.40. The van der Waals surface area contributed by atoms with Crippen molar-refractivity contribution in [3.8, 4) is 5.75 Å². The number of amides is 1. The summed E-state index contributed by atoms with van der Waals surface area (Å²) in [5.41, 5.74) is 0.363. The molecule has 39 heavy (non-hydrogen) atoms. The summed E-state index contributed by atoms with van der Waals surface area (Å²) in [5.74, 6) is -2.36. The summed E-state index contributed by atoms with van der Waals surface area (Å²) < 4.78 is 32.4. The number of carboxylic acid groups (broad SMARTS) is 1. The van der Waals surface area contributed by atoms with E-state index in [9.17, 15) is 23.5 Å². The molecule has 12 heteroatoms. The van der Waals surface area contributed by atoms with Gasteiger partial charge in [-0.25, -0.2) is 0 Å². The highest BCUT2D eigenvalue weighted by molar-refractivity contribution is 6.30. The maximum Gasteiger partial charge on any atom is 0.387 e. The lowest BCUT2D eigenvalue weighted by molar-refractivity contribution is -0.140. The monoisotopic (exact) mass is 561 g/mol. The summed E-state index contributed by atoms with van der Waals surface area (Å²) in [6, 6.07) is 9.39. The Labute approximate surface area is 229 Å². The average Bonchev–Trinajstić information content (AvgIpc) is 3.40. The first kappa shape index (κ1) is 28.4. The fraction of sp³-hybridized carbons (Fsp3) is 0.407. The molecule has 0 radical (unpaired) electrons. The van der Waals surface area contributed by atoms with Crippen molar-refractivity contribution in [2.24, 2.45) is 0 Å². The fourth-order valence-electron chi connectivity index (χ4n) is 4.95. The molecule has 1 saturated heterocycles. The number of benzene rings is 1. The van der Waals surface area contributed by atoms with E-state index in [-0.39, 0.29) is 28.9 Å². The number of nitrogens with one attached hydrogen (secondary N) is 1. The van der Waals surface area contributed by atoms with Gasteiger partial charge in [-0.2, -0.15) is 13.9 Å². The SMILES string of the molecule is CC(C)c1ccnn1C1(C(=O)Nc2ccc(Cl)cc2OC(F)F)CCN(C[C@H](C(=O)O)c2cccnc2)CC1. The van der Waals surface area contributed by atoms with Crippen LogP contribution in [0.2, 0.25) is 5.02 Å². The van der Waals surface area contributed by atoms with Gasteiger partial charge in [0.25, 0.3) is 5.91 Å². The van der Waals surface area contributed by atoms with Gasteiger partial charge in [0, 0.05) is 55.0 Å². The number of aliphatic carboxylic acids is 1. The Morgan fingerprint density at radius 2 is 1.92 bits per heavy atom. The number of hydrogen-bond donors (Lipinski definition) is 2. The molecule has 208 valence electrons. The van der Waals surface area contributed by atoms with Gasteiger partial charge in [-0.15, -0.1) is 0 Å². The highest BCUT2D eigenvalue weighted by atomic mass is 35.5. The molecule has 0 saturated carbocycles. The summed E-state index contributed by atoms with van der Waals surface area (Å²) in [7, 11) is 0. The minimum absolute atomic E-state index is 0.0606. The quantitative estimate of drug-likeness (QED) is 0.360. The van der Waals surface area contributed by atoms with E-state index >= 15 is 0 Å². The van der Waals surface area contributed by atoms with Gasteiger partial charge in [-0.05, 0) is 48.6 Å². The summed E-state index contributed by atoms with van der Waals surface area (Å²) in [5, 5.41) is 17.3. The number of carbonyl (C=O) groups is 2. The topological polar surface area (TPSA) is 110 Å². The second-order valence-electron chi connectivity index (χ2n) is 9.81. The van der Waals surface area contributed by atoms with E-state index < -0.39 is 29.9 Å². The molecule has 1 aliphatic rings. The standard InChI is InChI=1S/C27H30ClF2N5O4/c1-17(2)22-7-11-32-35(22)27(25(38)33-21-6-5-19(28)14-23(21)39-26(29)30)8-12-34(13-9-27)16-20(24(36)37)18-4-3-10-31-15-18/h3-7,10-11,14-15,17,20,26H,8-9,12-13,16H2,1-2H3,(H,33,38)(H,36,37)/t20-/m0/s1. The number of carboxylic acids is 1. The number of nitrogens with zero attached hydrogens (tertiary/aromatic N) is 4. The van der Waals surface area contributed by atoms with Crippen molar-refractivity contribution < 1.29 is 28.2 Å². The Morgan fingerprint density at radius 3 is 2.54 bits per heavy atom. The molecule has 1 atom stereocenters. The molecule has 0 spiro atoms. The van der Waals surface area contributed by atoms with Gasteiger partial charge in [-0.3, -0.25) is 19.3 Å². The Kier molecular flexibility index (Phi) is 8.81. The Bertz CT molecular complexity index is 1300. The second-order valence-corrected chi connectivity index (χ2v) is 10.2. The van der Waals surface area contributed by atoms with Crippen LogP contribution < -0.4 is 10.1 Å². The van der Waals surface area contributed by atoms with Crippen molar-refractivity contribution in [2.45, 2.75) is 50.7 Å². The average molecular weight is 562 g/mol. The van der Waals surface area contributed by atoms with Crippen molar-refractivity contribution in [2.75, 3.05) is 25.0 Å². The molecule has 0 unspecified atom stereocenters. The Hall–Kier alpha value is -3.57. The van der Waals surface area contributed by atoms with Crippen LogP contribution in [-0.2, 0) is 15.1 Å². The predicted octanol–water partition coefficient (Wildman–Crippen LogP) is 4.95. The largest absolute Gasteiger partial charge is 0.481 e. The molecule has 1 fully saturated rings. The van der Waals surface area contributed by atoms with E-state index in [1.807, 2.05) is 24.8 Å². The van der Waals surface area contributed by atoms with E-state index in [1.165, 1.54) is 18.2 Å². The molecule has 1 aliphatic heterocycles. The third-order valence-corrected chi connectivity index (χ3v) is 7.24. The van der Waals surface area contributed by atoms with Gasteiger partial charge in [-0.1, -0.05) is 31.5 Å². The number of alkyl halides is 2. The van der Waals surface area contributed by atoms with Crippen LogP contribution in [-0.4, -0.2) is 62.9 Å². The maximum atomic E-state index is 14.0. The molecular weight excluding hydrogens is 532 g/mol. The first-order chi connectivity index (χ1) is 18.6. The highest BCUT2D eigenvalue weighted by Crippen LogP contribution is 2.37. The first-order valence-electron chi connectivity index (χ1n) is 12.6. The molecule has 3 heterocycles. The third kappa shape index (κ3) is 6.36. The number of ether oxygens (including phenoxy) is 1. The number of carbonyl (C=O) groups excluding carboxylic acids is 1. The molecule has 1 aromatic carbocycles. The van der Waals surface area contributed by atoms with E-state index in [0.29, 0.717) is 31.5 Å². The number of rotatable bonds is 10. The van der Waals surface area contributed by atoms with E-state index in [0.717, 1.165) is 5.69 Å². The van der Waals surface area contributed by atoms with Crippen molar-refractivity contribution >= 4 is 29.2 Å². The second kappa shape index (κ2) is 12.1. The molecule has 3 aromatic rings. The zero-order valence-electron chi connectivity index (χ0n) is 21.6. The summed E-state index contributed by atoms with van der Waals surface area (Å²) in [6.45, 7) is 1.96. The molecule has 2 aromatic heterocycles. The van der Waals surface area contributed by atoms with Crippen molar-refractivity contribution in [3.63, 3.8) is 0 Å².